The third-order valence-corrected chi connectivity index (χ3v) is 2.80. The molecule has 0 spiro atoms. The predicted molar refractivity (Wildman–Crippen MR) is 64.8 cm³/mol. The van der Waals surface area contributed by atoms with Crippen molar-refractivity contribution in [2.24, 2.45) is 0 Å². The van der Waals surface area contributed by atoms with Crippen molar-refractivity contribution >= 4 is 34.2 Å². The molecule has 1 unspecified atom stereocenters. The lowest BCUT2D eigenvalue weighted by Gasteiger charge is -2.24. The standard InChI is InChI=1S/C11H11ClN2O3/c1-6-10(15)13-8-5-7(14(2)11(12)16)3-4-9(8)17-6/h3-6H,1-2H3,(H,13,15). The van der Waals surface area contributed by atoms with Crippen LogP contribution in [-0.4, -0.2) is 24.4 Å². The molecule has 1 atom stereocenters. The number of benzene rings is 1. The van der Waals surface area contributed by atoms with E-state index >= 15 is 0 Å². The van der Waals surface area contributed by atoms with E-state index in [9.17, 15) is 9.59 Å². The Bertz CT molecular complexity index is 490. The SMILES string of the molecule is CC1Oc2ccc(N(C)C(=O)Cl)cc2NC1=O. The van der Waals surface area contributed by atoms with Gasteiger partial charge in [0.15, 0.2) is 6.10 Å². The van der Waals surface area contributed by atoms with E-state index in [0.29, 0.717) is 17.1 Å². The second-order valence-electron chi connectivity index (χ2n) is 3.74. The van der Waals surface area contributed by atoms with Crippen LogP contribution in [-0.2, 0) is 4.79 Å². The second kappa shape index (κ2) is 4.25. The molecule has 1 heterocycles. The third kappa shape index (κ3) is 2.19. The molecule has 0 fully saturated rings. The highest BCUT2D eigenvalue weighted by Gasteiger charge is 2.24. The van der Waals surface area contributed by atoms with Gasteiger partial charge in [-0.3, -0.25) is 9.59 Å². The van der Waals surface area contributed by atoms with Crippen molar-refractivity contribution in [3.63, 3.8) is 0 Å². The molecule has 5 nitrogen and oxygen atoms in total. The predicted octanol–water partition coefficient (Wildman–Crippen LogP) is 2.20. The van der Waals surface area contributed by atoms with E-state index in [1.165, 1.54) is 4.90 Å². The van der Waals surface area contributed by atoms with Crippen LogP contribution in [0, 0.1) is 0 Å². The third-order valence-electron chi connectivity index (χ3n) is 2.54. The summed E-state index contributed by atoms with van der Waals surface area (Å²) in [4.78, 5) is 23.7. The average Bonchev–Trinajstić information content (AvgIpc) is 2.29. The first kappa shape index (κ1) is 11.7. The molecular formula is C11H11ClN2O3. The summed E-state index contributed by atoms with van der Waals surface area (Å²) in [5.41, 5.74) is 1.12. The summed E-state index contributed by atoms with van der Waals surface area (Å²) in [7, 11) is 1.55. The largest absolute Gasteiger partial charge is 0.479 e. The van der Waals surface area contributed by atoms with E-state index in [4.69, 9.17) is 16.3 Å². The molecule has 0 radical (unpaired) electrons. The summed E-state index contributed by atoms with van der Waals surface area (Å²) in [5, 5.41) is 2.10. The van der Waals surface area contributed by atoms with Crippen LogP contribution in [0.25, 0.3) is 0 Å². The minimum absolute atomic E-state index is 0.213. The smallest absolute Gasteiger partial charge is 0.320 e. The molecule has 2 rings (SSSR count). The molecule has 0 bridgehead atoms. The Morgan fingerprint density at radius 2 is 2.24 bits per heavy atom. The number of nitrogens with one attached hydrogen (secondary N) is 1. The van der Waals surface area contributed by atoms with Gasteiger partial charge in [-0.1, -0.05) is 0 Å². The van der Waals surface area contributed by atoms with Crippen LogP contribution in [0.2, 0.25) is 0 Å². The summed E-state index contributed by atoms with van der Waals surface area (Å²) in [5.74, 6) is 0.366. The summed E-state index contributed by atoms with van der Waals surface area (Å²) in [6.45, 7) is 1.67. The first-order valence-corrected chi connectivity index (χ1v) is 5.41. The number of halogens is 1. The molecular weight excluding hydrogens is 244 g/mol. The molecule has 1 aliphatic rings. The van der Waals surface area contributed by atoms with E-state index in [0.717, 1.165) is 0 Å². The van der Waals surface area contributed by atoms with Gasteiger partial charge < -0.3 is 15.0 Å². The van der Waals surface area contributed by atoms with Crippen LogP contribution >= 0.6 is 11.6 Å². The van der Waals surface area contributed by atoms with Gasteiger partial charge in [-0.15, -0.1) is 0 Å². The summed E-state index contributed by atoms with van der Waals surface area (Å²) < 4.78 is 5.39. The molecule has 0 aromatic heterocycles. The number of amides is 2. The Hall–Kier alpha value is -1.75. The van der Waals surface area contributed by atoms with E-state index in [2.05, 4.69) is 5.32 Å². The molecule has 2 amide bonds. The lowest BCUT2D eigenvalue weighted by Crippen LogP contribution is -2.34. The van der Waals surface area contributed by atoms with Crippen LogP contribution in [0.3, 0.4) is 0 Å². The van der Waals surface area contributed by atoms with Crippen LogP contribution < -0.4 is 15.0 Å². The highest BCUT2D eigenvalue weighted by atomic mass is 35.5. The zero-order valence-electron chi connectivity index (χ0n) is 9.36. The number of nitrogens with zero attached hydrogens (tertiary/aromatic N) is 1. The Labute approximate surface area is 103 Å². The van der Waals surface area contributed by atoms with E-state index in [1.54, 1.807) is 32.2 Å². The van der Waals surface area contributed by atoms with Crippen molar-refractivity contribution in [2.75, 3.05) is 17.3 Å². The van der Waals surface area contributed by atoms with Crippen molar-refractivity contribution in [1.82, 2.24) is 0 Å². The highest BCUT2D eigenvalue weighted by Crippen LogP contribution is 2.33. The van der Waals surface area contributed by atoms with Gasteiger partial charge in [0, 0.05) is 12.7 Å². The Morgan fingerprint density at radius 1 is 1.53 bits per heavy atom. The minimum Gasteiger partial charge on any atom is -0.479 e. The first-order chi connectivity index (χ1) is 7.99. The van der Waals surface area contributed by atoms with Crippen molar-refractivity contribution in [3.8, 4) is 5.75 Å². The fourth-order valence-corrected chi connectivity index (χ4v) is 1.60. The van der Waals surface area contributed by atoms with E-state index in [1.807, 2.05) is 0 Å². The van der Waals surface area contributed by atoms with E-state index < -0.39 is 11.5 Å². The first-order valence-electron chi connectivity index (χ1n) is 5.04. The molecule has 1 aromatic carbocycles. The lowest BCUT2D eigenvalue weighted by atomic mass is 10.2. The quantitative estimate of drug-likeness (QED) is 0.617. The molecule has 6 heteroatoms. The molecule has 90 valence electrons. The number of ether oxygens (including phenoxy) is 1. The van der Waals surface area contributed by atoms with Crippen LogP contribution in [0.4, 0.5) is 16.2 Å². The van der Waals surface area contributed by atoms with Gasteiger partial charge in [-0.25, -0.2) is 0 Å². The monoisotopic (exact) mass is 254 g/mol. The number of carbonyl (C=O) groups is 2. The van der Waals surface area contributed by atoms with Gasteiger partial charge in [0.05, 0.1) is 5.69 Å². The number of hydrogen-bond donors (Lipinski definition) is 1. The average molecular weight is 255 g/mol. The zero-order valence-corrected chi connectivity index (χ0v) is 10.1. The molecule has 0 saturated carbocycles. The molecule has 1 N–H and O–H groups in total. The van der Waals surface area contributed by atoms with Gasteiger partial charge >= 0.3 is 5.37 Å². The van der Waals surface area contributed by atoms with E-state index in [-0.39, 0.29) is 5.91 Å². The normalized spacial score (nSPS) is 17.8. The maximum atomic E-state index is 11.4. The molecule has 0 saturated heterocycles. The van der Waals surface area contributed by atoms with Crippen molar-refractivity contribution in [1.29, 1.82) is 0 Å². The van der Waals surface area contributed by atoms with Gasteiger partial charge in [-0.2, -0.15) is 0 Å². The Balaban J connectivity index is 2.35. The molecule has 17 heavy (non-hydrogen) atoms. The summed E-state index contributed by atoms with van der Waals surface area (Å²) >= 11 is 5.37. The maximum Gasteiger partial charge on any atom is 0.320 e. The Kier molecular flexibility index (Phi) is 2.93. The second-order valence-corrected chi connectivity index (χ2v) is 4.07. The van der Waals surface area contributed by atoms with Crippen LogP contribution in [0.1, 0.15) is 6.92 Å². The van der Waals surface area contributed by atoms with Gasteiger partial charge in [0.1, 0.15) is 5.75 Å². The van der Waals surface area contributed by atoms with Crippen molar-refractivity contribution < 1.29 is 14.3 Å². The Morgan fingerprint density at radius 3 is 2.88 bits per heavy atom. The lowest BCUT2D eigenvalue weighted by molar-refractivity contribution is -0.122. The van der Waals surface area contributed by atoms with Crippen LogP contribution in [0.5, 0.6) is 5.75 Å². The highest BCUT2D eigenvalue weighted by molar-refractivity contribution is 6.66. The number of hydrogen-bond acceptors (Lipinski definition) is 3. The van der Waals surface area contributed by atoms with Gasteiger partial charge in [0.2, 0.25) is 0 Å². The molecule has 0 aliphatic carbocycles. The summed E-state index contributed by atoms with van der Waals surface area (Å²) in [6.07, 6.45) is -0.513. The number of fused-ring (bicyclic) bond motifs is 1. The molecule has 1 aliphatic heterocycles. The van der Waals surface area contributed by atoms with Gasteiger partial charge in [0.25, 0.3) is 5.91 Å². The maximum absolute atomic E-state index is 11.4. The number of anilines is 2. The minimum atomic E-state index is -0.596. The topological polar surface area (TPSA) is 58.6 Å². The number of rotatable bonds is 1. The van der Waals surface area contributed by atoms with Crippen LogP contribution in [0.15, 0.2) is 18.2 Å². The fraction of sp³-hybridized carbons (Fsp3) is 0.273. The fourth-order valence-electron chi connectivity index (χ4n) is 1.51. The van der Waals surface area contributed by atoms with Gasteiger partial charge in [-0.05, 0) is 36.7 Å². The summed E-state index contributed by atoms with van der Waals surface area (Å²) in [6, 6.07) is 5.03. The van der Waals surface area contributed by atoms with Crippen molar-refractivity contribution in [2.45, 2.75) is 13.0 Å². The van der Waals surface area contributed by atoms with Crippen molar-refractivity contribution in [3.05, 3.63) is 18.2 Å². The zero-order chi connectivity index (χ0) is 12.6. The number of carbonyl (C=O) groups excluding carboxylic acids is 2. The molecule has 1 aromatic rings.